The number of likely N-dealkylation sites (tertiary alicyclic amines) is 1. The van der Waals surface area contributed by atoms with Crippen molar-refractivity contribution in [3.63, 3.8) is 0 Å². The summed E-state index contributed by atoms with van der Waals surface area (Å²) >= 11 is 3.49. The summed E-state index contributed by atoms with van der Waals surface area (Å²) in [6.45, 7) is 5.50. The third-order valence-electron chi connectivity index (χ3n) is 3.61. The Labute approximate surface area is 122 Å². The number of hydrogen-bond donors (Lipinski definition) is 2. The first-order valence-corrected chi connectivity index (χ1v) is 7.39. The Morgan fingerprint density at radius 2 is 2.42 bits per heavy atom. The number of rotatable bonds is 5. The third kappa shape index (κ3) is 3.34. The van der Waals surface area contributed by atoms with E-state index in [0.717, 1.165) is 23.4 Å². The van der Waals surface area contributed by atoms with Crippen LogP contribution in [0, 0.1) is 0 Å². The van der Waals surface area contributed by atoms with Crippen LogP contribution in [0.5, 0.6) is 0 Å². The summed E-state index contributed by atoms with van der Waals surface area (Å²) in [6.07, 6.45) is 4.26. The monoisotopic (exact) mass is 328 g/mol. The Kier molecular flexibility index (Phi) is 4.95. The largest absolute Gasteiger partial charge is 0.357 e. The number of likely N-dealkylation sites (N-methyl/N-ethyl adjacent to an activating group) is 2. The van der Waals surface area contributed by atoms with Gasteiger partial charge in [0.15, 0.2) is 0 Å². The number of nitrogens with zero attached hydrogens (tertiary/aromatic N) is 4. The molecule has 1 atom stereocenters. The van der Waals surface area contributed by atoms with Gasteiger partial charge >= 0.3 is 0 Å². The van der Waals surface area contributed by atoms with Crippen LogP contribution in [0.1, 0.15) is 19.8 Å². The lowest BCUT2D eigenvalue weighted by atomic mass is 10.2. The highest BCUT2D eigenvalue weighted by Gasteiger charge is 2.25. The molecular formula is C12H21BrN6. The second kappa shape index (κ2) is 6.49. The zero-order valence-corrected chi connectivity index (χ0v) is 13.0. The first-order valence-electron chi connectivity index (χ1n) is 6.60. The van der Waals surface area contributed by atoms with Crippen LogP contribution in [-0.2, 0) is 0 Å². The molecule has 1 saturated heterocycles. The molecule has 106 valence electrons. The van der Waals surface area contributed by atoms with E-state index >= 15 is 0 Å². The van der Waals surface area contributed by atoms with Gasteiger partial charge in [-0.25, -0.2) is 10.8 Å². The van der Waals surface area contributed by atoms with Crippen LogP contribution in [0.25, 0.3) is 0 Å². The molecule has 1 fully saturated rings. The molecule has 7 heteroatoms. The number of halogens is 1. The Hall–Kier alpha value is -0.920. The van der Waals surface area contributed by atoms with Crippen molar-refractivity contribution in [1.82, 2.24) is 14.9 Å². The molecule has 1 aliphatic rings. The summed E-state index contributed by atoms with van der Waals surface area (Å²) in [5.41, 5.74) is 2.48. The lowest BCUT2D eigenvalue weighted by Gasteiger charge is -2.28. The summed E-state index contributed by atoms with van der Waals surface area (Å²) in [5, 5.41) is 0. The van der Waals surface area contributed by atoms with Crippen molar-refractivity contribution in [3.8, 4) is 0 Å². The van der Waals surface area contributed by atoms with Crippen LogP contribution >= 0.6 is 15.9 Å². The maximum absolute atomic E-state index is 5.36. The van der Waals surface area contributed by atoms with E-state index in [2.05, 4.69) is 55.1 Å². The van der Waals surface area contributed by atoms with E-state index in [1.54, 1.807) is 6.20 Å². The fourth-order valence-electron chi connectivity index (χ4n) is 2.62. The average Bonchev–Trinajstić information content (AvgIpc) is 2.86. The van der Waals surface area contributed by atoms with Crippen molar-refractivity contribution < 1.29 is 0 Å². The van der Waals surface area contributed by atoms with Gasteiger partial charge in [0.2, 0.25) is 5.95 Å². The molecule has 3 N–H and O–H groups in total. The Morgan fingerprint density at radius 3 is 3.11 bits per heavy atom. The molecule has 0 spiro atoms. The van der Waals surface area contributed by atoms with Gasteiger partial charge in [0.05, 0.1) is 4.47 Å². The van der Waals surface area contributed by atoms with E-state index in [-0.39, 0.29) is 0 Å². The zero-order chi connectivity index (χ0) is 13.8. The molecule has 2 rings (SSSR count). The number of nitrogen functional groups attached to an aromatic ring is 1. The Balaban J connectivity index is 2.08. The lowest BCUT2D eigenvalue weighted by Crippen LogP contribution is -2.39. The Bertz CT molecular complexity index is 427. The molecule has 19 heavy (non-hydrogen) atoms. The normalized spacial score (nSPS) is 19.7. The number of nitrogens with one attached hydrogen (secondary N) is 1. The first-order chi connectivity index (χ1) is 9.15. The fraction of sp³-hybridized carbons (Fsp3) is 0.667. The van der Waals surface area contributed by atoms with Crippen molar-refractivity contribution in [2.24, 2.45) is 5.84 Å². The van der Waals surface area contributed by atoms with E-state index in [0.29, 0.717) is 12.0 Å². The van der Waals surface area contributed by atoms with Crippen LogP contribution in [0.2, 0.25) is 0 Å². The molecule has 1 aromatic rings. The van der Waals surface area contributed by atoms with Gasteiger partial charge in [-0.2, -0.15) is 4.98 Å². The van der Waals surface area contributed by atoms with Crippen molar-refractivity contribution in [2.75, 3.05) is 37.0 Å². The molecular weight excluding hydrogens is 308 g/mol. The first kappa shape index (κ1) is 14.5. The number of anilines is 2. The molecule has 0 aliphatic carbocycles. The topological polar surface area (TPSA) is 70.3 Å². The molecule has 0 bridgehead atoms. The van der Waals surface area contributed by atoms with Crippen molar-refractivity contribution in [3.05, 3.63) is 10.7 Å². The van der Waals surface area contributed by atoms with Crippen LogP contribution in [0.3, 0.4) is 0 Å². The Morgan fingerprint density at radius 1 is 1.63 bits per heavy atom. The van der Waals surface area contributed by atoms with Gasteiger partial charge in [0.1, 0.15) is 5.82 Å². The molecule has 1 aromatic heterocycles. The van der Waals surface area contributed by atoms with Crippen molar-refractivity contribution >= 4 is 27.7 Å². The highest BCUT2D eigenvalue weighted by molar-refractivity contribution is 9.10. The van der Waals surface area contributed by atoms with Gasteiger partial charge in [0, 0.05) is 25.8 Å². The van der Waals surface area contributed by atoms with Crippen molar-refractivity contribution in [1.29, 1.82) is 0 Å². The summed E-state index contributed by atoms with van der Waals surface area (Å²) in [6, 6.07) is 0.603. The standard InChI is InChI=1S/C12H21BrN6/c1-3-19-6-4-5-9(19)8-18(2)11-10(13)7-15-12(16-11)17-14/h7,9H,3-6,8,14H2,1-2H3,(H,15,16,17). The van der Waals surface area contributed by atoms with Gasteiger partial charge in [-0.3, -0.25) is 10.3 Å². The van der Waals surface area contributed by atoms with Gasteiger partial charge in [-0.1, -0.05) is 6.92 Å². The number of hydrazine groups is 1. The van der Waals surface area contributed by atoms with Gasteiger partial charge in [-0.15, -0.1) is 0 Å². The van der Waals surface area contributed by atoms with Crippen LogP contribution in [0.15, 0.2) is 10.7 Å². The second-order valence-electron chi connectivity index (χ2n) is 4.81. The van der Waals surface area contributed by atoms with E-state index in [9.17, 15) is 0 Å². The molecule has 0 amide bonds. The van der Waals surface area contributed by atoms with E-state index in [4.69, 9.17) is 5.84 Å². The highest BCUT2D eigenvalue weighted by Crippen LogP contribution is 2.25. The molecule has 1 aliphatic heterocycles. The minimum absolute atomic E-state index is 0.434. The van der Waals surface area contributed by atoms with Crippen molar-refractivity contribution in [2.45, 2.75) is 25.8 Å². The molecule has 1 unspecified atom stereocenters. The predicted molar refractivity (Wildman–Crippen MR) is 81.1 cm³/mol. The maximum atomic E-state index is 5.36. The highest BCUT2D eigenvalue weighted by atomic mass is 79.9. The number of hydrogen-bond acceptors (Lipinski definition) is 6. The second-order valence-corrected chi connectivity index (χ2v) is 5.67. The summed E-state index contributed by atoms with van der Waals surface area (Å²) < 4.78 is 0.884. The quantitative estimate of drug-likeness (QED) is 0.629. The van der Waals surface area contributed by atoms with Crippen LogP contribution < -0.4 is 16.2 Å². The minimum atomic E-state index is 0.434. The maximum Gasteiger partial charge on any atom is 0.239 e. The molecule has 6 nitrogen and oxygen atoms in total. The van der Waals surface area contributed by atoms with Crippen LogP contribution in [-0.4, -0.2) is 47.6 Å². The molecule has 0 aromatic carbocycles. The zero-order valence-electron chi connectivity index (χ0n) is 11.4. The summed E-state index contributed by atoms with van der Waals surface area (Å²) in [4.78, 5) is 13.1. The molecule has 2 heterocycles. The summed E-state index contributed by atoms with van der Waals surface area (Å²) in [5.74, 6) is 6.66. The summed E-state index contributed by atoms with van der Waals surface area (Å²) in [7, 11) is 2.06. The SMILES string of the molecule is CCN1CCCC1CN(C)c1nc(NN)ncc1Br. The third-order valence-corrected chi connectivity index (χ3v) is 4.17. The minimum Gasteiger partial charge on any atom is -0.357 e. The number of nitrogens with two attached hydrogens (primary N) is 1. The van der Waals surface area contributed by atoms with Gasteiger partial charge in [-0.05, 0) is 41.9 Å². The average molecular weight is 329 g/mol. The van der Waals surface area contributed by atoms with E-state index in [1.807, 2.05) is 0 Å². The molecule has 0 radical (unpaired) electrons. The predicted octanol–water partition coefficient (Wildman–Crippen LogP) is 1.45. The van der Waals surface area contributed by atoms with Gasteiger partial charge < -0.3 is 4.90 Å². The lowest BCUT2D eigenvalue weighted by molar-refractivity contribution is 0.270. The van der Waals surface area contributed by atoms with Crippen LogP contribution in [0.4, 0.5) is 11.8 Å². The number of aromatic nitrogens is 2. The van der Waals surface area contributed by atoms with E-state index in [1.165, 1.54) is 19.4 Å². The van der Waals surface area contributed by atoms with Gasteiger partial charge in [0.25, 0.3) is 0 Å². The smallest absolute Gasteiger partial charge is 0.239 e. The fourth-order valence-corrected chi connectivity index (χ4v) is 3.11. The van der Waals surface area contributed by atoms with E-state index < -0.39 is 0 Å². The molecule has 0 saturated carbocycles.